The van der Waals surface area contributed by atoms with Crippen LogP contribution in [0.1, 0.15) is 17.3 Å². The third kappa shape index (κ3) is 3.72. The number of benzene rings is 2. The van der Waals surface area contributed by atoms with Gasteiger partial charge in [-0.05, 0) is 24.3 Å². The molecule has 2 aromatic rings. The van der Waals surface area contributed by atoms with E-state index < -0.39 is 0 Å². The highest BCUT2D eigenvalue weighted by atomic mass is 16.7. The number of ether oxygens (including phenoxy) is 3. The predicted molar refractivity (Wildman–Crippen MR) is 95.9 cm³/mol. The molecule has 0 bridgehead atoms. The quantitative estimate of drug-likeness (QED) is 0.859. The molecule has 2 amide bonds. The Morgan fingerprint density at radius 1 is 1.15 bits per heavy atom. The molecule has 2 aromatic carbocycles. The number of hydrogen-bond acceptors (Lipinski definition) is 5. The summed E-state index contributed by atoms with van der Waals surface area (Å²) in [5.74, 6) is 1.38. The standard InChI is InChI=1S/C19H20N2O5/c1-13(22)21(14-7-8-17-18(11-14)26-12-25-17)10-9-20-19(23)15-5-3-4-6-16(15)24-2/h3-8,11H,9-10,12H2,1-2H3,(H,20,23). The summed E-state index contributed by atoms with van der Waals surface area (Å²) in [6.07, 6.45) is 0. The minimum Gasteiger partial charge on any atom is -0.496 e. The van der Waals surface area contributed by atoms with Crippen molar-refractivity contribution in [3.63, 3.8) is 0 Å². The molecule has 0 spiro atoms. The van der Waals surface area contributed by atoms with Crippen LogP contribution in [0.3, 0.4) is 0 Å². The molecule has 3 rings (SSSR count). The van der Waals surface area contributed by atoms with Gasteiger partial charge in [0.25, 0.3) is 5.91 Å². The topological polar surface area (TPSA) is 77.1 Å². The average molecular weight is 356 g/mol. The van der Waals surface area contributed by atoms with E-state index in [1.165, 1.54) is 14.0 Å². The first-order valence-corrected chi connectivity index (χ1v) is 8.19. The molecule has 0 fully saturated rings. The minimum atomic E-state index is -0.253. The summed E-state index contributed by atoms with van der Waals surface area (Å²) in [4.78, 5) is 25.9. The van der Waals surface area contributed by atoms with Gasteiger partial charge in [0.2, 0.25) is 12.7 Å². The Hall–Kier alpha value is -3.22. The second kappa shape index (κ2) is 7.77. The molecule has 0 aliphatic carbocycles. The Labute approximate surface area is 151 Å². The number of para-hydroxylation sites is 1. The molecule has 136 valence electrons. The summed E-state index contributed by atoms with van der Waals surface area (Å²) in [6, 6.07) is 12.3. The lowest BCUT2D eigenvalue weighted by Crippen LogP contribution is -2.37. The second-order valence-corrected chi connectivity index (χ2v) is 5.66. The number of carbonyl (C=O) groups is 2. The van der Waals surface area contributed by atoms with Crippen LogP contribution in [0.25, 0.3) is 0 Å². The number of methoxy groups -OCH3 is 1. The van der Waals surface area contributed by atoms with Crippen LogP contribution in [-0.4, -0.2) is 38.8 Å². The molecule has 1 N–H and O–H groups in total. The first-order valence-electron chi connectivity index (χ1n) is 8.19. The highest BCUT2D eigenvalue weighted by molar-refractivity contribution is 5.97. The third-order valence-electron chi connectivity index (χ3n) is 4.02. The van der Waals surface area contributed by atoms with E-state index in [9.17, 15) is 9.59 Å². The molecule has 0 radical (unpaired) electrons. The molecule has 0 aromatic heterocycles. The van der Waals surface area contributed by atoms with Gasteiger partial charge in [-0.15, -0.1) is 0 Å². The molecule has 1 heterocycles. The first-order chi connectivity index (χ1) is 12.6. The number of carbonyl (C=O) groups excluding carboxylic acids is 2. The molecule has 1 aliphatic heterocycles. The highest BCUT2D eigenvalue weighted by Gasteiger charge is 2.18. The van der Waals surface area contributed by atoms with Crippen LogP contribution >= 0.6 is 0 Å². The van der Waals surface area contributed by atoms with E-state index in [1.807, 2.05) is 0 Å². The molecule has 0 saturated heterocycles. The van der Waals surface area contributed by atoms with E-state index in [-0.39, 0.29) is 18.6 Å². The summed E-state index contributed by atoms with van der Waals surface area (Å²) in [6.45, 7) is 2.28. The Balaban J connectivity index is 1.64. The molecular formula is C19H20N2O5. The number of hydrogen-bond donors (Lipinski definition) is 1. The van der Waals surface area contributed by atoms with Gasteiger partial charge < -0.3 is 24.4 Å². The van der Waals surface area contributed by atoms with Crippen molar-refractivity contribution < 1.29 is 23.8 Å². The molecule has 7 heteroatoms. The fraction of sp³-hybridized carbons (Fsp3) is 0.263. The van der Waals surface area contributed by atoms with Crippen LogP contribution < -0.4 is 24.4 Å². The predicted octanol–water partition coefficient (Wildman–Crippen LogP) is 2.21. The minimum absolute atomic E-state index is 0.129. The Morgan fingerprint density at radius 2 is 1.92 bits per heavy atom. The number of rotatable bonds is 6. The van der Waals surface area contributed by atoms with E-state index >= 15 is 0 Å². The van der Waals surface area contributed by atoms with Gasteiger partial charge in [-0.1, -0.05) is 12.1 Å². The van der Waals surface area contributed by atoms with Gasteiger partial charge in [0.05, 0.1) is 12.7 Å². The molecule has 0 unspecified atom stereocenters. The van der Waals surface area contributed by atoms with Gasteiger partial charge in [0, 0.05) is 31.8 Å². The van der Waals surface area contributed by atoms with Gasteiger partial charge >= 0.3 is 0 Å². The second-order valence-electron chi connectivity index (χ2n) is 5.66. The van der Waals surface area contributed by atoms with Gasteiger partial charge in [-0.2, -0.15) is 0 Å². The summed E-state index contributed by atoms with van der Waals surface area (Å²) in [5.41, 5.74) is 1.14. The van der Waals surface area contributed by atoms with Crippen molar-refractivity contribution in [1.82, 2.24) is 5.32 Å². The average Bonchev–Trinajstić information content (AvgIpc) is 3.12. The zero-order valence-corrected chi connectivity index (χ0v) is 14.7. The molecule has 7 nitrogen and oxygen atoms in total. The normalized spacial score (nSPS) is 11.8. The van der Waals surface area contributed by atoms with Gasteiger partial charge in [0.1, 0.15) is 5.75 Å². The number of amides is 2. The van der Waals surface area contributed by atoms with Crippen molar-refractivity contribution in [3.8, 4) is 17.2 Å². The SMILES string of the molecule is COc1ccccc1C(=O)NCCN(C(C)=O)c1ccc2c(c1)OCO2. The van der Waals surface area contributed by atoms with Crippen LogP contribution in [0, 0.1) is 0 Å². The van der Waals surface area contributed by atoms with Gasteiger partial charge in [-0.3, -0.25) is 9.59 Å². The van der Waals surface area contributed by atoms with Crippen LogP contribution in [0.4, 0.5) is 5.69 Å². The number of nitrogens with one attached hydrogen (secondary N) is 1. The number of anilines is 1. The van der Waals surface area contributed by atoms with Crippen molar-refractivity contribution in [3.05, 3.63) is 48.0 Å². The Morgan fingerprint density at radius 3 is 2.69 bits per heavy atom. The molecule has 0 atom stereocenters. The maximum atomic E-state index is 12.3. The van der Waals surface area contributed by atoms with Crippen molar-refractivity contribution in [1.29, 1.82) is 0 Å². The van der Waals surface area contributed by atoms with Crippen molar-refractivity contribution >= 4 is 17.5 Å². The lowest BCUT2D eigenvalue weighted by atomic mass is 10.2. The molecule has 26 heavy (non-hydrogen) atoms. The maximum Gasteiger partial charge on any atom is 0.255 e. The largest absolute Gasteiger partial charge is 0.496 e. The Bertz CT molecular complexity index is 821. The molecule has 0 saturated carbocycles. The van der Waals surface area contributed by atoms with E-state index in [0.29, 0.717) is 41.6 Å². The highest BCUT2D eigenvalue weighted by Crippen LogP contribution is 2.35. The van der Waals surface area contributed by atoms with Crippen LogP contribution in [0.5, 0.6) is 17.2 Å². The van der Waals surface area contributed by atoms with Crippen LogP contribution in [0.15, 0.2) is 42.5 Å². The zero-order valence-electron chi connectivity index (χ0n) is 14.7. The Kier molecular flexibility index (Phi) is 5.26. The van der Waals surface area contributed by atoms with Crippen LogP contribution in [-0.2, 0) is 4.79 Å². The van der Waals surface area contributed by atoms with E-state index in [0.717, 1.165) is 0 Å². The van der Waals surface area contributed by atoms with Gasteiger partial charge in [-0.25, -0.2) is 0 Å². The first kappa shape index (κ1) is 17.6. The summed E-state index contributed by atoms with van der Waals surface area (Å²) < 4.78 is 15.8. The van der Waals surface area contributed by atoms with E-state index in [4.69, 9.17) is 14.2 Å². The van der Waals surface area contributed by atoms with Crippen molar-refractivity contribution in [2.75, 3.05) is 31.9 Å². The zero-order chi connectivity index (χ0) is 18.5. The van der Waals surface area contributed by atoms with Crippen LogP contribution in [0.2, 0.25) is 0 Å². The summed E-state index contributed by atoms with van der Waals surface area (Å²) in [5, 5.41) is 2.81. The summed E-state index contributed by atoms with van der Waals surface area (Å²) in [7, 11) is 1.52. The molecular weight excluding hydrogens is 336 g/mol. The smallest absolute Gasteiger partial charge is 0.255 e. The third-order valence-corrected chi connectivity index (χ3v) is 4.02. The fourth-order valence-corrected chi connectivity index (χ4v) is 2.73. The van der Waals surface area contributed by atoms with Gasteiger partial charge in [0.15, 0.2) is 11.5 Å². The lowest BCUT2D eigenvalue weighted by molar-refractivity contribution is -0.116. The number of nitrogens with zero attached hydrogens (tertiary/aromatic N) is 1. The van der Waals surface area contributed by atoms with Crippen molar-refractivity contribution in [2.45, 2.75) is 6.92 Å². The van der Waals surface area contributed by atoms with E-state index in [2.05, 4.69) is 5.32 Å². The fourth-order valence-electron chi connectivity index (χ4n) is 2.73. The van der Waals surface area contributed by atoms with E-state index in [1.54, 1.807) is 47.4 Å². The monoisotopic (exact) mass is 356 g/mol. The maximum absolute atomic E-state index is 12.3. The lowest BCUT2D eigenvalue weighted by Gasteiger charge is -2.21. The summed E-state index contributed by atoms with van der Waals surface area (Å²) >= 11 is 0. The van der Waals surface area contributed by atoms with Crippen molar-refractivity contribution in [2.24, 2.45) is 0 Å². The molecule has 1 aliphatic rings. The number of fused-ring (bicyclic) bond motifs is 1.